The summed E-state index contributed by atoms with van der Waals surface area (Å²) in [5.41, 5.74) is 0.333. The maximum Gasteiger partial charge on any atom is 0.387 e. The van der Waals surface area contributed by atoms with Gasteiger partial charge < -0.3 is 14.4 Å². The van der Waals surface area contributed by atoms with Crippen LogP contribution in [0, 0.1) is 5.92 Å². The number of carbonyl (C=O) groups excluding carboxylic acids is 2. The lowest BCUT2D eigenvalue weighted by atomic mass is 10.1. The van der Waals surface area contributed by atoms with E-state index < -0.39 is 25.1 Å². The third-order valence-corrected chi connectivity index (χ3v) is 4.92. The highest BCUT2D eigenvalue weighted by Crippen LogP contribution is 2.17. The van der Waals surface area contributed by atoms with Gasteiger partial charge in [0.25, 0.3) is 11.5 Å². The molecule has 1 amide bonds. The van der Waals surface area contributed by atoms with Crippen LogP contribution in [0.3, 0.4) is 0 Å². The Morgan fingerprint density at radius 2 is 1.71 bits per heavy atom. The third-order valence-electron chi connectivity index (χ3n) is 4.92. The van der Waals surface area contributed by atoms with Crippen LogP contribution in [0.15, 0.2) is 53.3 Å². The molecule has 0 aliphatic rings. The minimum Gasteiger partial charge on any atom is -0.451 e. The molecule has 34 heavy (non-hydrogen) atoms. The first-order valence-corrected chi connectivity index (χ1v) is 10.6. The summed E-state index contributed by atoms with van der Waals surface area (Å²) in [6, 6.07) is 12.5. The molecule has 0 saturated carbocycles. The van der Waals surface area contributed by atoms with E-state index in [-0.39, 0.29) is 29.5 Å². The SMILES string of the molecule is CC(C)Cn1nc(C(=O)OCC(=O)N(C)Cc2ccc(OC(F)F)cc2)c2ccccc2c1=O. The van der Waals surface area contributed by atoms with Crippen LogP contribution in [-0.4, -0.2) is 46.8 Å². The number of alkyl halides is 2. The lowest BCUT2D eigenvalue weighted by Gasteiger charge is -2.18. The minimum absolute atomic E-state index is 0.0141. The molecule has 0 aliphatic heterocycles. The Kier molecular flexibility index (Phi) is 7.93. The largest absolute Gasteiger partial charge is 0.451 e. The standard InChI is InChI=1S/C24H25F2N3O5/c1-15(2)12-29-22(31)19-7-5-4-6-18(19)21(27-29)23(32)33-14-20(30)28(3)13-16-8-10-17(11-9-16)34-24(25)26/h4-11,15,24H,12-14H2,1-3H3. The lowest BCUT2D eigenvalue weighted by Crippen LogP contribution is -2.32. The van der Waals surface area contributed by atoms with Gasteiger partial charge in [-0.2, -0.15) is 13.9 Å². The zero-order valence-corrected chi connectivity index (χ0v) is 19.0. The van der Waals surface area contributed by atoms with Crippen molar-refractivity contribution in [3.05, 3.63) is 70.1 Å². The maximum atomic E-state index is 12.8. The van der Waals surface area contributed by atoms with E-state index >= 15 is 0 Å². The van der Waals surface area contributed by atoms with Crippen molar-refractivity contribution in [2.75, 3.05) is 13.7 Å². The van der Waals surface area contributed by atoms with E-state index in [0.29, 0.717) is 22.9 Å². The molecule has 1 heterocycles. The van der Waals surface area contributed by atoms with Crippen molar-refractivity contribution < 1.29 is 27.8 Å². The van der Waals surface area contributed by atoms with Gasteiger partial charge in [-0.3, -0.25) is 9.59 Å². The zero-order chi connectivity index (χ0) is 24.8. The molecule has 0 saturated heterocycles. The van der Waals surface area contributed by atoms with Gasteiger partial charge in [-0.1, -0.05) is 44.2 Å². The molecule has 180 valence electrons. The average Bonchev–Trinajstić information content (AvgIpc) is 2.79. The number of benzene rings is 2. The van der Waals surface area contributed by atoms with Crippen LogP contribution in [0.5, 0.6) is 5.75 Å². The molecule has 1 aromatic heterocycles. The number of hydrogen-bond acceptors (Lipinski definition) is 6. The number of carbonyl (C=O) groups is 2. The molecular formula is C24H25F2N3O5. The lowest BCUT2D eigenvalue weighted by molar-refractivity contribution is -0.133. The van der Waals surface area contributed by atoms with Crippen LogP contribution in [0.4, 0.5) is 8.78 Å². The van der Waals surface area contributed by atoms with Gasteiger partial charge in [0.2, 0.25) is 0 Å². The van der Waals surface area contributed by atoms with Crippen LogP contribution in [0.25, 0.3) is 10.8 Å². The second kappa shape index (κ2) is 10.9. The second-order valence-electron chi connectivity index (χ2n) is 8.12. The summed E-state index contributed by atoms with van der Waals surface area (Å²) in [5, 5.41) is 4.89. The Balaban J connectivity index is 1.68. The molecular weight excluding hydrogens is 448 g/mol. The Labute approximate surface area is 194 Å². The van der Waals surface area contributed by atoms with Crippen molar-refractivity contribution >= 4 is 22.6 Å². The molecule has 0 fully saturated rings. The summed E-state index contributed by atoms with van der Waals surface area (Å²) in [5.74, 6) is -1.15. The van der Waals surface area contributed by atoms with Gasteiger partial charge in [-0.15, -0.1) is 0 Å². The van der Waals surface area contributed by atoms with Crippen molar-refractivity contribution in [3.63, 3.8) is 0 Å². The van der Waals surface area contributed by atoms with Gasteiger partial charge in [0.05, 0.1) is 5.39 Å². The summed E-state index contributed by atoms with van der Waals surface area (Å²) in [7, 11) is 1.52. The molecule has 0 bridgehead atoms. The van der Waals surface area contributed by atoms with E-state index in [1.807, 2.05) is 13.8 Å². The Hall–Kier alpha value is -3.82. The molecule has 0 unspecified atom stereocenters. The van der Waals surface area contributed by atoms with E-state index in [1.165, 1.54) is 28.8 Å². The monoisotopic (exact) mass is 473 g/mol. The van der Waals surface area contributed by atoms with Gasteiger partial charge in [0, 0.05) is 25.5 Å². The smallest absolute Gasteiger partial charge is 0.387 e. The molecule has 10 heteroatoms. The fourth-order valence-corrected chi connectivity index (χ4v) is 3.30. The van der Waals surface area contributed by atoms with E-state index in [2.05, 4.69) is 9.84 Å². The number of nitrogens with zero attached hydrogens (tertiary/aromatic N) is 3. The highest BCUT2D eigenvalue weighted by Gasteiger charge is 2.20. The summed E-state index contributed by atoms with van der Waals surface area (Å²) in [6.07, 6.45) is 0. The average molecular weight is 473 g/mol. The summed E-state index contributed by atoms with van der Waals surface area (Å²) in [6.45, 7) is 0.908. The van der Waals surface area contributed by atoms with E-state index in [1.54, 1.807) is 36.4 Å². The highest BCUT2D eigenvalue weighted by molar-refractivity contribution is 6.02. The van der Waals surface area contributed by atoms with Gasteiger partial charge >= 0.3 is 12.6 Å². The van der Waals surface area contributed by atoms with E-state index in [9.17, 15) is 23.2 Å². The van der Waals surface area contributed by atoms with Crippen molar-refractivity contribution in [2.45, 2.75) is 33.5 Å². The van der Waals surface area contributed by atoms with Gasteiger partial charge in [0.1, 0.15) is 5.75 Å². The topological polar surface area (TPSA) is 90.7 Å². The fraction of sp³-hybridized carbons (Fsp3) is 0.333. The number of likely N-dealkylation sites (N-methyl/N-ethyl adjacent to an activating group) is 1. The summed E-state index contributed by atoms with van der Waals surface area (Å²) < 4.78 is 35.3. The third kappa shape index (κ3) is 6.15. The van der Waals surface area contributed by atoms with Crippen LogP contribution < -0.4 is 10.3 Å². The van der Waals surface area contributed by atoms with Gasteiger partial charge in [0.15, 0.2) is 12.3 Å². The molecule has 0 spiro atoms. The molecule has 8 nitrogen and oxygen atoms in total. The molecule has 0 atom stereocenters. The number of ether oxygens (including phenoxy) is 2. The summed E-state index contributed by atoms with van der Waals surface area (Å²) in [4.78, 5) is 39.3. The number of fused-ring (bicyclic) bond motifs is 1. The Morgan fingerprint density at radius 3 is 2.32 bits per heavy atom. The molecule has 2 aromatic carbocycles. The van der Waals surface area contributed by atoms with Crippen LogP contribution in [0.2, 0.25) is 0 Å². The van der Waals surface area contributed by atoms with Crippen LogP contribution >= 0.6 is 0 Å². The van der Waals surface area contributed by atoms with E-state index in [4.69, 9.17) is 4.74 Å². The van der Waals surface area contributed by atoms with Crippen LogP contribution in [0.1, 0.15) is 29.9 Å². The molecule has 3 aromatic rings. The van der Waals surface area contributed by atoms with Crippen molar-refractivity contribution in [3.8, 4) is 5.75 Å². The summed E-state index contributed by atoms with van der Waals surface area (Å²) >= 11 is 0. The van der Waals surface area contributed by atoms with Crippen molar-refractivity contribution in [2.24, 2.45) is 5.92 Å². The maximum absolute atomic E-state index is 12.8. The van der Waals surface area contributed by atoms with Crippen molar-refractivity contribution in [1.82, 2.24) is 14.7 Å². The second-order valence-corrected chi connectivity index (χ2v) is 8.12. The number of halogens is 2. The first kappa shape index (κ1) is 24.8. The zero-order valence-electron chi connectivity index (χ0n) is 19.0. The molecule has 0 radical (unpaired) electrons. The predicted molar refractivity (Wildman–Crippen MR) is 121 cm³/mol. The Morgan fingerprint density at radius 1 is 1.06 bits per heavy atom. The van der Waals surface area contributed by atoms with Gasteiger partial charge in [-0.05, 0) is 29.7 Å². The predicted octanol–water partition coefficient (Wildman–Crippen LogP) is 3.47. The molecule has 0 N–H and O–H groups in total. The highest BCUT2D eigenvalue weighted by atomic mass is 19.3. The number of rotatable bonds is 9. The molecule has 0 aliphatic carbocycles. The van der Waals surface area contributed by atoms with Crippen LogP contribution in [-0.2, 0) is 22.6 Å². The number of aromatic nitrogens is 2. The quantitative estimate of drug-likeness (QED) is 0.442. The minimum atomic E-state index is -2.92. The van der Waals surface area contributed by atoms with E-state index in [0.717, 1.165) is 0 Å². The van der Waals surface area contributed by atoms with Crippen molar-refractivity contribution in [1.29, 1.82) is 0 Å². The van der Waals surface area contributed by atoms with Gasteiger partial charge in [-0.25, -0.2) is 9.48 Å². The normalized spacial score (nSPS) is 11.1. The fourth-order valence-electron chi connectivity index (χ4n) is 3.30. The number of esters is 1. The Bertz CT molecular complexity index is 1230. The first-order chi connectivity index (χ1) is 16.2. The molecule has 3 rings (SSSR count). The number of hydrogen-bond donors (Lipinski definition) is 0. The first-order valence-electron chi connectivity index (χ1n) is 10.6. The number of amides is 1.